The minimum atomic E-state index is 0.0756. The van der Waals surface area contributed by atoms with E-state index in [9.17, 15) is 4.79 Å². The van der Waals surface area contributed by atoms with Crippen molar-refractivity contribution in [2.24, 2.45) is 0 Å². The smallest absolute Gasteiger partial charge is 0.242 e. The highest BCUT2D eigenvalue weighted by Gasteiger charge is 2.16. The molecular formula is C21H14N2OS2. The number of aromatic nitrogens is 2. The summed E-state index contributed by atoms with van der Waals surface area (Å²) in [6, 6.07) is 24.2. The summed E-state index contributed by atoms with van der Waals surface area (Å²) in [5.41, 5.74) is 2.91. The Morgan fingerprint density at radius 3 is 2.19 bits per heavy atom. The summed E-state index contributed by atoms with van der Waals surface area (Å²) in [4.78, 5) is 17.7. The second-order valence-electron chi connectivity index (χ2n) is 6.00. The van der Waals surface area contributed by atoms with Crippen molar-refractivity contribution in [3.8, 4) is 0 Å². The predicted octanol–water partition coefficient (Wildman–Crippen LogP) is 5.84. The van der Waals surface area contributed by atoms with Crippen LogP contribution in [0.15, 0.2) is 77.1 Å². The Kier molecular flexibility index (Phi) is 3.76. The van der Waals surface area contributed by atoms with Gasteiger partial charge in [0.2, 0.25) is 5.91 Å². The van der Waals surface area contributed by atoms with Crippen LogP contribution in [-0.4, -0.2) is 21.2 Å². The van der Waals surface area contributed by atoms with E-state index in [4.69, 9.17) is 0 Å². The molecule has 0 bridgehead atoms. The van der Waals surface area contributed by atoms with Crippen molar-refractivity contribution in [3.63, 3.8) is 0 Å². The predicted molar refractivity (Wildman–Crippen MR) is 110 cm³/mol. The number of thiazole rings is 1. The number of fused-ring (bicyclic) bond motifs is 4. The Balaban J connectivity index is 1.51. The van der Waals surface area contributed by atoms with Gasteiger partial charge in [-0.25, -0.2) is 4.98 Å². The number of thioether (sulfide) groups is 1. The number of nitrogens with zero attached hydrogens (tertiary/aromatic N) is 2. The maximum Gasteiger partial charge on any atom is 0.242 e. The van der Waals surface area contributed by atoms with Gasteiger partial charge in [0.1, 0.15) is 0 Å². The van der Waals surface area contributed by atoms with Gasteiger partial charge in [-0.3, -0.25) is 9.36 Å². The van der Waals surface area contributed by atoms with Crippen molar-refractivity contribution in [2.75, 3.05) is 5.75 Å². The molecule has 0 saturated carbocycles. The van der Waals surface area contributed by atoms with E-state index >= 15 is 0 Å². The lowest BCUT2D eigenvalue weighted by molar-refractivity contribution is 0.0951. The largest absolute Gasteiger partial charge is 0.279 e. The standard InChI is InChI=1S/C21H14N2OS2/c24-20(13-25-21-22-16-9-3-6-12-19(16)26-21)23-17-10-4-1-7-14(17)15-8-2-5-11-18(15)23/h1-12H,13H2. The van der Waals surface area contributed by atoms with Gasteiger partial charge in [-0.15, -0.1) is 11.3 Å². The molecule has 0 saturated heterocycles. The normalized spacial score (nSPS) is 11.5. The molecule has 2 heterocycles. The van der Waals surface area contributed by atoms with Crippen molar-refractivity contribution in [2.45, 2.75) is 4.34 Å². The molecule has 5 rings (SSSR count). The van der Waals surface area contributed by atoms with Crippen LogP contribution in [0.1, 0.15) is 4.79 Å². The highest BCUT2D eigenvalue weighted by Crippen LogP contribution is 2.32. The molecule has 126 valence electrons. The van der Waals surface area contributed by atoms with E-state index in [0.29, 0.717) is 5.75 Å². The van der Waals surface area contributed by atoms with Crippen molar-refractivity contribution in [1.82, 2.24) is 9.55 Å². The fourth-order valence-electron chi connectivity index (χ4n) is 3.29. The van der Waals surface area contributed by atoms with Gasteiger partial charge in [0.05, 0.1) is 27.0 Å². The molecule has 26 heavy (non-hydrogen) atoms. The second kappa shape index (κ2) is 6.27. The zero-order valence-corrected chi connectivity index (χ0v) is 15.4. The zero-order chi connectivity index (χ0) is 17.5. The Hall–Kier alpha value is -2.63. The van der Waals surface area contributed by atoms with E-state index in [1.807, 2.05) is 59.2 Å². The zero-order valence-electron chi connectivity index (χ0n) is 13.8. The molecule has 3 nitrogen and oxygen atoms in total. The Bertz CT molecular complexity index is 1180. The van der Waals surface area contributed by atoms with Crippen molar-refractivity contribution < 1.29 is 4.79 Å². The average molecular weight is 374 g/mol. The van der Waals surface area contributed by atoms with E-state index in [-0.39, 0.29) is 5.91 Å². The molecule has 2 aromatic heterocycles. The first-order valence-corrected chi connectivity index (χ1v) is 10.1. The molecule has 0 N–H and O–H groups in total. The van der Waals surface area contributed by atoms with Crippen molar-refractivity contribution >= 4 is 61.0 Å². The first-order valence-electron chi connectivity index (χ1n) is 8.31. The maximum absolute atomic E-state index is 13.0. The minimum Gasteiger partial charge on any atom is -0.279 e. The van der Waals surface area contributed by atoms with Crippen LogP contribution in [-0.2, 0) is 0 Å². The summed E-state index contributed by atoms with van der Waals surface area (Å²) in [6.45, 7) is 0. The molecule has 0 amide bonds. The third-order valence-electron chi connectivity index (χ3n) is 4.42. The van der Waals surface area contributed by atoms with Gasteiger partial charge in [0, 0.05) is 10.8 Å². The van der Waals surface area contributed by atoms with Crippen molar-refractivity contribution in [1.29, 1.82) is 0 Å². The van der Waals surface area contributed by atoms with Crippen LogP contribution in [0.2, 0.25) is 0 Å². The summed E-state index contributed by atoms with van der Waals surface area (Å²) in [7, 11) is 0. The third kappa shape index (κ3) is 2.52. The van der Waals surface area contributed by atoms with E-state index in [1.54, 1.807) is 11.3 Å². The lowest BCUT2D eigenvalue weighted by atomic mass is 10.2. The first-order chi connectivity index (χ1) is 12.8. The molecule has 0 aliphatic rings. The van der Waals surface area contributed by atoms with Crippen LogP contribution < -0.4 is 0 Å². The van der Waals surface area contributed by atoms with Crippen LogP contribution in [0.3, 0.4) is 0 Å². The summed E-state index contributed by atoms with van der Waals surface area (Å²) in [6.07, 6.45) is 0. The number of para-hydroxylation sites is 3. The van der Waals surface area contributed by atoms with Crippen LogP contribution >= 0.6 is 23.1 Å². The number of rotatable bonds is 3. The lowest BCUT2D eigenvalue weighted by Crippen LogP contribution is -2.12. The highest BCUT2D eigenvalue weighted by atomic mass is 32.2. The van der Waals surface area contributed by atoms with Gasteiger partial charge in [-0.05, 0) is 24.3 Å². The minimum absolute atomic E-state index is 0.0756. The summed E-state index contributed by atoms with van der Waals surface area (Å²) < 4.78 is 3.92. The number of benzene rings is 3. The number of carbonyl (C=O) groups is 1. The number of hydrogen-bond donors (Lipinski definition) is 0. The lowest BCUT2D eigenvalue weighted by Gasteiger charge is -2.05. The van der Waals surface area contributed by atoms with Crippen LogP contribution in [0.25, 0.3) is 32.0 Å². The SMILES string of the molecule is O=C(CSc1nc2ccccc2s1)n1c2ccccc2c2ccccc21. The average Bonchev–Trinajstić information content (AvgIpc) is 3.25. The maximum atomic E-state index is 13.0. The molecule has 0 radical (unpaired) electrons. The van der Waals surface area contributed by atoms with Crippen molar-refractivity contribution in [3.05, 3.63) is 72.8 Å². The Morgan fingerprint density at radius 2 is 1.50 bits per heavy atom. The second-order valence-corrected chi connectivity index (χ2v) is 8.25. The van der Waals surface area contributed by atoms with Gasteiger partial charge in [-0.1, -0.05) is 60.3 Å². The van der Waals surface area contributed by atoms with Crippen LogP contribution in [0, 0.1) is 0 Å². The number of hydrogen-bond acceptors (Lipinski definition) is 4. The molecule has 0 fully saturated rings. The van der Waals surface area contributed by atoms with Gasteiger partial charge in [-0.2, -0.15) is 0 Å². The Labute approximate surface area is 158 Å². The number of carbonyl (C=O) groups excluding carboxylic acids is 1. The molecule has 0 aliphatic carbocycles. The molecular weight excluding hydrogens is 360 g/mol. The molecule has 3 aromatic carbocycles. The van der Waals surface area contributed by atoms with Gasteiger partial charge in [0.25, 0.3) is 0 Å². The van der Waals surface area contributed by atoms with E-state index in [0.717, 1.165) is 36.4 Å². The van der Waals surface area contributed by atoms with Crippen LogP contribution in [0.5, 0.6) is 0 Å². The summed E-state index contributed by atoms with van der Waals surface area (Å²) in [5.74, 6) is 0.439. The van der Waals surface area contributed by atoms with E-state index in [1.165, 1.54) is 11.8 Å². The monoisotopic (exact) mass is 374 g/mol. The molecule has 0 aliphatic heterocycles. The highest BCUT2D eigenvalue weighted by molar-refractivity contribution is 8.01. The molecule has 0 atom stereocenters. The third-order valence-corrected chi connectivity index (χ3v) is 6.59. The summed E-state index contributed by atoms with van der Waals surface area (Å²) in [5, 5.41) is 2.22. The first kappa shape index (κ1) is 15.6. The van der Waals surface area contributed by atoms with E-state index < -0.39 is 0 Å². The van der Waals surface area contributed by atoms with Crippen LogP contribution in [0.4, 0.5) is 0 Å². The quantitative estimate of drug-likeness (QED) is 0.372. The fourth-order valence-corrected chi connectivity index (χ4v) is 5.21. The van der Waals surface area contributed by atoms with Gasteiger partial charge < -0.3 is 0 Å². The topological polar surface area (TPSA) is 34.9 Å². The Morgan fingerprint density at radius 1 is 0.885 bits per heavy atom. The fraction of sp³-hybridized carbons (Fsp3) is 0.0476. The molecule has 0 spiro atoms. The van der Waals surface area contributed by atoms with Gasteiger partial charge in [0.15, 0.2) is 4.34 Å². The summed E-state index contributed by atoms with van der Waals surface area (Å²) >= 11 is 3.14. The molecule has 5 aromatic rings. The van der Waals surface area contributed by atoms with Gasteiger partial charge >= 0.3 is 0 Å². The molecule has 0 unspecified atom stereocenters. The van der Waals surface area contributed by atoms with E-state index in [2.05, 4.69) is 23.2 Å². The molecule has 5 heteroatoms.